The number of rotatable bonds is 4. The van der Waals surface area contributed by atoms with E-state index in [4.69, 9.17) is 0 Å². The molecular formula is C10H10F2N2O2. The second kappa shape index (κ2) is 5.32. The van der Waals surface area contributed by atoms with E-state index < -0.39 is 22.2 Å². The molecule has 6 heteroatoms. The number of nitrogens with one attached hydrogen (secondary N) is 1. The Hall–Kier alpha value is -1.82. The van der Waals surface area contributed by atoms with Gasteiger partial charge in [-0.15, -0.1) is 0 Å². The Bertz CT molecular complexity index is 433. The van der Waals surface area contributed by atoms with Gasteiger partial charge >= 0.3 is 0 Å². The Labute approximate surface area is 90.7 Å². The van der Waals surface area contributed by atoms with Crippen LogP contribution in [0, 0.1) is 21.7 Å². The molecule has 0 spiro atoms. The molecule has 0 aliphatic heterocycles. The van der Waals surface area contributed by atoms with Crippen LogP contribution in [0.1, 0.15) is 5.56 Å². The van der Waals surface area contributed by atoms with Gasteiger partial charge < -0.3 is 5.32 Å². The lowest BCUT2D eigenvalue weighted by Gasteiger charge is -1.99. The van der Waals surface area contributed by atoms with Crippen molar-refractivity contribution in [3.8, 4) is 0 Å². The minimum Gasteiger partial charge on any atom is -0.316 e. The normalized spacial score (nSPS) is 10.9. The van der Waals surface area contributed by atoms with Crippen molar-refractivity contribution in [2.75, 3.05) is 13.6 Å². The molecule has 0 heterocycles. The molecule has 0 radical (unpaired) electrons. The highest BCUT2D eigenvalue weighted by molar-refractivity contribution is 5.61. The summed E-state index contributed by atoms with van der Waals surface area (Å²) in [5, 5.41) is 13.4. The largest absolute Gasteiger partial charge is 0.316 e. The van der Waals surface area contributed by atoms with Gasteiger partial charge in [0.05, 0.1) is 16.6 Å². The van der Waals surface area contributed by atoms with Gasteiger partial charge in [-0.25, -0.2) is 8.78 Å². The van der Waals surface area contributed by atoms with Crippen molar-refractivity contribution in [1.29, 1.82) is 0 Å². The van der Waals surface area contributed by atoms with E-state index in [2.05, 4.69) is 5.32 Å². The van der Waals surface area contributed by atoms with E-state index in [1.54, 1.807) is 13.1 Å². The summed E-state index contributed by atoms with van der Waals surface area (Å²) in [5.74, 6) is -2.33. The molecule has 0 fully saturated rings. The van der Waals surface area contributed by atoms with Crippen LogP contribution < -0.4 is 5.32 Å². The molecule has 1 N–H and O–H groups in total. The summed E-state index contributed by atoms with van der Waals surface area (Å²) in [6.07, 6.45) is 2.96. The average molecular weight is 228 g/mol. The fraction of sp³-hybridized carbons (Fsp3) is 0.200. The van der Waals surface area contributed by atoms with Crippen molar-refractivity contribution in [1.82, 2.24) is 5.32 Å². The van der Waals surface area contributed by atoms with Crippen molar-refractivity contribution in [2.24, 2.45) is 0 Å². The lowest BCUT2D eigenvalue weighted by Crippen LogP contribution is -2.04. The highest BCUT2D eigenvalue weighted by Gasteiger charge is 2.16. The first-order valence-electron chi connectivity index (χ1n) is 4.51. The van der Waals surface area contributed by atoms with Crippen LogP contribution in [0.5, 0.6) is 0 Å². The molecule has 0 unspecified atom stereocenters. The fourth-order valence-corrected chi connectivity index (χ4v) is 1.15. The molecule has 86 valence electrons. The Kier molecular flexibility index (Phi) is 4.07. The van der Waals surface area contributed by atoms with Gasteiger partial charge in [0.15, 0.2) is 11.6 Å². The summed E-state index contributed by atoms with van der Waals surface area (Å²) in [7, 11) is 1.70. The summed E-state index contributed by atoms with van der Waals surface area (Å²) in [6.45, 7) is 0.482. The highest BCUT2D eigenvalue weighted by atomic mass is 19.2. The van der Waals surface area contributed by atoms with Gasteiger partial charge in [0.1, 0.15) is 0 Å². The lowest BCUT2D eigenvalue weighted by molar-refractivity contribution is -0.385. The number of hydrogen-bond acceptors (Lipinski definition) is 3. The van der Waals surface area contributed by atoms with E-state index in [1.165, 1.54) is 6.08 Å². The van der Waals surface area contributed by atoms with Gasteiger partial charge in [-0.05, 0) is 13.1 Å². The summed E-state index contributed by atoms with van der Waals surface area (Å²) in [4.78, 5) is 9.84. The Morgan fingerprint density at radius 1 is 1.44 bits per heavy atom. The van der Waals surface area contributed by atoms with Crippen LogP contribution in [-0.4, -0.2) is 18.5 Å². The van der Waals surface area contributed by atoms with E-state index >= 15 is 0 Å². The third-order valence-corrected chi connectivity index (χ3v) is 1.89. The molecule has 0 aliphatic rings. The van der Waals surface area contributed by atoms with Crippen LogP contribution in [0.15, 0.2) is 18.2 Å². The molecule has 1 rings (SSSR count). The molecular weight excluding hydrogens is 218 g/mol. The number of halogens is 2. The molecule has 0 amide bonds. The zero-order valence-corrected chi connectivity index (χ0v) is 8.54. The molecule has 0 saturated carbocycles. The van der Waals surface area contributed by atoms with Crippen LogP contribution >= 0.6 is 0 Å². The predicted octanol–water partition coefficient (Wildman–Crippen LogP) is 2.11. The fourth-order valence-electron chi connectivity index (χ4n) is 1.15. The minimum absolute atomic E-state index is 0.0409. The van der Waals surface area contributed by atoms with E-state index in [1.807, 2.05) is 0 Å². The van der Waals surface area contributed by atoms with E-state index in [9.17, 15) is 18.9 Å². The standard InChI is InChI=1S/C10H10F2N2O2/c1-13-4-2-3-7-5-8(11)9(12)6-10(7)14(15)16/h2-3,5-6,13H,4H2,1H3. The van der Waals surface area contributed by atoms with Gasteiger partial charge in [-0.2, -0.15) is 0 Å². The third-order valence-electron chi connectivity index (χ3n) is 1.89. The van der Waals surface area contributed by atoms with Crippen LogP contribution in [-0.2, 0) is 0 Å². The maximum Gasteiger partial charge on any atom is 0.279 e. The quantitative estimate of drug-likeness (QED) is 0.634. The van der Waals surface area contributed by atoms with E-state index in [0.717, 1.165) is 6.07 Å². The minimum atomic E-state index is -1.22. The number of nitrogens with zero attached hydrogens (tertiary/aromatic N) is 1. The van der Waals surface area contributed by atoms with Crippen LogP contribution in [0.2, 0.25) is 0 Å². The highest BCUT2D eigenvalue weighted by Crippen LogP contribution is 2.23. The molecule has 0 aromatic heterocycles. The zero-order valence-electron chi connectivity index (χ0n) is 8.54. The molecule has 0 aliphatic carbocycles. The number of hydrogen-bond donors (Lipinski definition) is 1. The zero-order chi connectivity index (χ0) is 12.1. The molecule has 1 aromatic carbocycles. The summed E-state index contributed by atoms with van der Waals surface area (Å²) >= 11 is 0. The number of nitro groups is 1. The van der Waals surface area contributed by atoms with Gasteiger partial charge in [-0.1, -0.05) is 12.2 Å². The maximum absolute atomic E-state index is 12.9. The van der Waals surface area contributed by atoms with E-state index in [0.29, 0.717) is 12.6 Å². The second-order valence-corrected chi connectivity index (χ2v) is 3.04. The summed E-state index contributed by atoms with van der Waals surface area (Å²) in [6, 6.07) is 1.38. The van der Waals surface area contributed by atoms with Crippen LogP contribution in [0.4, 0.5) is 14.5 Å². The summed E-state index contributed by atoms with van der Waals surface area (Å²) < 4.78 is 25.7. The molecule has 16 heavy (non-hydrogen) atoms. The van der Waals surface area contributed by atoms with Gasteiger partial charge in [0.25, 0.3) is 5.69 Å². The molecule has 1 aromatic rings. The van der Waals surface area contributed by atoms with Gasteiger partial charge in [0.2, 0.25) is 0 Å². The Morgan fingerprint density at radius 2 is 2.06 bits per heavy atom. The second-order valence-electron chi connectivity index (χ2n) is 3.04. The number of nitro benzene ring substituents is 1. The monoisotopic (exact) mass is 228 g/mol. The van der Waals surface area contributed by atoms with Crippen molar-refractivity contribution in [3.63, 3.8) is 0 Å². The summed E-state index contributed by atoms with van der Waals surface area (Å²) in [5.41, 5.74) is -0.412. The Morgan fingerprint density at radius 3 is 2.62 bits per heavy atom. The van der Waals surface area contributed by atoms with E-state index in [-0.39, 0.29) is 5.56 Å². The number of benzene rings is 1. The molecule has 0 bridgehead atoms. The third kappa shape index (κ3) is 2.83. The van der Waals surface area contributed by atoms with Crippen LogP contribution in [0.3, 0.4) is 0 Å². The van der Waals surface area contributed by atoms with Gasteiger partial charge in [0, 0.05) is 6.54 Å². The van der Waals surface area contributed by atoms with Crippen molar-refractivity contribution in [2.45, 2.75) is 0 Å². The topological polar surface area (TPSA) is 55.2 Å². The first kappa shape index (κ1) is 12.3. The van der Waals surface area contributed by atoms with Crippen LogP contribution in [0.25, 0.3) is 6.08 Å². The first-order valence-corrected chi connectivity index (χ1v) is 4.51. The lowest BCUT2D eigenvalue weighted by atomic mass is 10.1. The maximum atomic E-state index is 12.9. The van der Waals surface area contributed by atoms with Crippen molar-refractivity contribution in [3.05, 3.63) is 45.5 Å². The molecule has 0 saturated heterocycles. The SMILES string of the molecule is CNCC=Cc1cc(F)c(F)cc1[N+](=O)[O-]. The molecule has 4 nitrogen and oxygen atoms in total. The van der Waals surface area contributed by atoms with Crippen molar-refractivity contribution >= 4 is 11.8 Å². The Balaban J connectivity index is 3.14. The average Bonchev–Trinajstić information content (AvgIpc) is 2.23. The van der Waals surface area contributed by atoms with Crippen molar-refractivity contribution < 1.29 is 13.7 Å². The smallest absolute Gasteiger partial charge is 0.279 e. The van der Waals surface area contributed by atoms with Gasteiger partial charge in [-0.3, -0.25) is 10.1 Å². The first-order chi connectivity index (χ1) is 7.56. The number of likely N-dealkylation sites (N-methyl/N-ethyl adjacent to an activating group) is 1. The predicted molar refractivity (Wildman–Crippen MR) is 56.0 cm³/mol. The molecule has 0 atom stereocenters.